The third-order valence-corrected chi connectivity index (χ3v) is 6.52. The van der Waals surface area contributed by atoms with Gasteiger partial charge in [-0.15, -0.1) is 0 Å². The molecule has 0 saturated heterocycles. The number of rotatable bonds is 7. The number of urea groups is 1. The fourth-order valence-corrected chi connectivity index (χ4v) is 5.13. The fourth-order valence-electron chi connectivity index (χ4n) is 4.00. The fraction of sp³-hybridized carbons (Fsp3) is 0.650. The van der Waals surface area contributed by atoms with Gasteiger partial charge in [-0.05, 0) is 40.0 Å². The zero-order valence-electron chi connectivity index (χ0n) is 17.1. The summed E-state index contributed by atoms with van der Waals surface area (Å²) in [5.74, 6) is 0.102. The van der Waals surface area contributed by atoms with E-state index < -0.39 is 0 Å². The van der Waals surface area contributed by atoms with Gasteiger partial charge in [-0.3, -0.25) is 0 Å². The van der Waals surface area contributed by atoms with Crippen LogP contribution in [0, 0.1) is 13.8 Å². The van der Waals surface area contributed by atoms with Crippen molar-refractivity contribution < 1.29 is 14.3 Å². The first-order valence-electron chi connectivity index (χ1n) is 10.1. The standard InChI is InChI=1S/C20H30N4O3S/c1-5-15-17(18(25)27-6-2)16(23-19(26)22-15)11-28-20-21-12(3)13(4)24(20)14-9-7-8-10-14/h14-15H,5-11H2,1-4H3,(H2,22,23,26)/t15-/m0/s1. The van der Waals surface area contributed by atoms with E-state index in [0.717, 1.165) is 10.9 Å². The molecule has 154 valence electrons. The van der Waals surface area contributed by atoms with E-state index in [2.05, 4.69) is 22.1 Å². The van der Waals surface area contributed by atoms with Gasteiger partial charge < -0.3 is 19.9 Å². The number of aryl methyl sites for hydroxylation is 1. The molecule has 2 heterocycles. The normalized spacial score (nSPS) is 20.3. The number of ether oxygens (including phenoxy) is 1. The number of thioether (sulfide) groups is 1. The summed E-state index contributed by atoms with van der Waals surface area (Å²) in [6.07, 6.45) is 5.50. The third-order valence-electron chi connectivity index (χ3n) is 5.54. The van der Waals surface area contributed by atoms with Gasteiger partial charge in [0.05, 0.1) is 23.9 Å². The summed E-state index contributed by atoms with van der Waals surface area (Å²) >= 11 is 1.57. The van der Waals surface area contributed by atoms with E-state index in [4.69, 9.17) is 9.72 Å². The van der Waals surface area contributed by atoms with Crippen molar-refractivity contribution in [2.24, 2.45) is 0 Å². The van der Waals surface area contributed by atoms with Crippen LogP contribution in [0.3, 0.4) is 0 Å². The molecular weight excluding hydrogens is 376 g/mol. The second kappa shape index (κ2) is 9.03. The first kappa shape index (κ1) is 20.8. The summed E-state index contributed by atoms with van der Waals surface area (Å²) in [6, 6.07) is -0.114. The largest absolute Gasteiger partial charge is 0.463 e. The monoisotopic (exact) mass is 406 g/mol. The minimum atomic E-state index is -0.371. The molecule has 7 nitrogen and oxygen atoms in total. The highest BCUT2D eigenvalue weighted by atomic mass is 32.2. The molecule has 0 spiro atoms. The SMILES string of the molecule is CCOC(=O)C1=C(CSc2nc(C)c(C)n2C2CCCC2)NC(=O)N[C@H]1CC. The van der Waals surface area contributed by atoms with Crippen LogP contribution in [0.5, 0.6) is 0 Å². The molecule has 1 saturated carbocycles. The number of hydrogen-bond donors (Lipinski definition) is 2. The van der Waals surface area contributed by atoms with Gasteiger partial charge >= 0.3 is 12.0 Å². The van der Waals surface area contributed by atoms with Crippen LogP contribution in [-0.4, -0.2) is 40.0 Å². The lowest BCUT2D eigenvalue weighted by Gasteiger charge is -2.28. The maximum Gasteiger partial charge on any atom is 0.337 e. The van der Waals surface area contributed by atoms with Crippen LogP contribution in [0.4, 0.5) is 4.79 Å². The van der Waals surface area contributed by atoms with Crippen molar-refractivity contribution in [3.05, 3.63) is 22.7 Å². The van der Waals surface area contributed by atoms with Gasteiger partial charge in [0, 0.05) is 23.2 Å². The summed E-state index contributed by atoms with van der Waals surface area (Å²) in [5.41, 5.74) is 3.38. The van der Waals surface area contributed by atoms with Gasteiger partial charge in [0.25, 0.3) is 0 Å². The molecule has 1 aromatic heterocycles. The number of carbonyl (C=O) groups is 2. The molecule has 1 fully saturated rings. The lowest BCUT2D eigenvalue weighted by Crippen LogP contribution is -2.50. The molecule has 1 atom stereocenters. The maximum atomic E-state index is 12.5. The van der Waals surface area contributed by atoms with Gasteiger partial charge in [0.1, 0.15) is 0 Å². The molecule has 0 unspecified atom stereocenters. The van der Waals surface area contributed by atoms with Gasteiger partial charge in [-0.1, -0.05) is 31.5 Å². The number of hydrogen-bond acceptors (Lipinski definition) is 5. The van der Waals surface area contributed by atoms with Crippen molar-refractivity contribution in [2.45, 2.75) is 77.0 Å². The Morgan fingerprint density at radius 1 is 1.29 bits per heavy atom. The van der Waals surface area contributed by atoms with Crippen molar-refractivity contribution in [3.8, 4) is 0 Å². The van der Waals surface area contributed by atoms with E-state index in [-0.39, 0.29) is 18.0 Å². The van der Waals surface area contributed by atoms with Crippen LogP contribution in [-0.2, 0) is 9.53 Å². The molecule has 0 radical (unpaired) electrons. The van der Waals surface area contributed by atoms with Crippen LogP contribution < -0.4 is 10.6 Å². The Labute approximate surface area is 170 Å². The van der Waals surface area contributed by atoms with E-state index in [1.165, 1.54) is 31.4 Å². The topological polar surface area (TPSA) is 85.2 Å². The quantitative estimate of drug-likeness (QED) is 0.534. The van der Waals surface area contributed by atoms with E-state index >= 15 is 0 Å². The first-order chi connectivity index (χ1) is 13.5. The lowest BCUT2D eigenvalue weighted by atomic mass is 10.0. The Morgan fingerprint density at radius 3 is 2.64 bits per heavy atom. The average molecular weight is 407 g/mol. The predicted molar refractivity (Wildman–Crippen MR) is 109 cm³/mol. The third kappa shape index (κ3) is 4.21. The van der Waals surface area contributed by atoms with Crippen LogP contribution in [0.1, 0.15) is 63.4 Å². The lowest BCUT2D eigenvalue weighted by molar-refractivity contribution is -0.139. The minimum absolute atomic E-state index is 0.276. The van der Waals surface area contributed by atoms with Crippen molar-refractivity contribution in [1.82, 2.24) is 20.2 Å². The van der Waals surface area contributed by atoms with E-state index in [1.54, 1.807) is 18.7 Å². The Bertz CT molecular complexity index is 781. The van der Waals surface area contributed by atoms with Crippen LogP contribution in [0.2, 0.25) is 0 Å². The molecule has 0 aromatic carbocycles. The van der Waals surface area contributed by atoms with Crippen molar-refractivity contribution >= 4 is 23.8 Å². The molecule has 1 aromatic rings. The van der Waals surface area contributed by atoms with Crippen LogP contribution in [0.25, 0.3) is 0 Å². The highest BCUT2D eigenvalue weighted by Crippen LogP contribution is 2.36. The Balaban J connectivity index is 1.87. The number of amides is 2. The molecule has 28 heavy (non-hydrogen) atoms. The molecular formula is C20H30N4O3S. The highest BCUT2D eigenvalue weighted by Gasteiger charge is 2.32. The number of imidazole rings is 1. The van der Waals surface area contributed by atoms with E-state index in [9.17, 15) is 9.59 Å². The molecule has 2 amide bonds. The number of aromatic nitrogens is 2. The predicted octanol–water partition coefficient (Wildman–Crippen LogP) is 3.62. The summed E-state index contributed by atoms with van der Waals surface area (Å²) in [6.45, 7) is 8.19. The summed E-state index contributed by atoms with van der Waals surface area (Å²) < 4.78 is 7.59. The summed E-state index contributed by atoms with van der Waals surface area (Å²) in [5, 5.41) is 6.59. The van der Waals surface area contributed by atoms with Crippen molar-refractivity contribution in [3.63, 3.8) is 0 Å². The minimum Gasteiger partial charge on any atom is -0.463 e. The molecule has 1 aliphatic heterocycles. The second-order valence-electron chi connectivity index (χ2n) is 7.33. The van der Waals surface area contributed by atoms with Crippen molar-refractivity contribution in [1.29, 1.82) is 0 Å². The molecule has 0 bridgehead atoms. The molecule has 1 aliphatic carbocycles. The van der Waals surface area contributed by atoms with Crippen molar-refractivity contribution in [2.75, 3.05) is 12.4 Å². The van der Waals surface area contributed by atoms with E-state index in [1.807, 2.05) is 13.8 Å². The zero-order valence-corrected chi connectivity index (χ0v) is 17.9. The molecule has 8 heteroatoms. The smallest absolute Gasteiger partial charge is 0.337 e. The number of esters is 1. The van der Waals surface area contributed by atoms with Gasteiger partial charge in [-0.25, -0.2) is 14.6 Å². The zero-order chi connectivity index (χ0) is 20.3. The first-order valence-corrected chi connectivity index (χ1v) is 11.1. The Morgan fingerprint density at radius 2 is 2.00 bits per heavy atom. The van der Waals surface area contributed by atoms with Crippen LogP contribution >= 0.6 is 11.8 Å². The average Bonchev–Trinajstić information content (AvgIpc) is 3.28. The Kier molecular flexibility index (Phi) is 6.69. The Hall–Kier alpha value is -1.96. The molecule has 3 rings (SSSR count). The summed E-state index contributed by atoms with van der Waals surface area (Å²) in [4.78, 5) is 29.4. The van der Waals surface area contributed by atoms with Crippen LogP contribution in [0.15, 0.2) is 16.4 Å². The highest BCUT2D eigenvalue weighted by molar-refractivity contribution is 7.99. The molecule has 2 aliphatic rings. The van der Waals surface area contributed by atoms with Gasteiger partial charge in [0.2, 0.25) is 0 Å². The molecule has 2 N–H and O–H groups in total. The number of carbonyl (C=O) groups excluding carboxylic acids is 2. The maximum absolute atomic E-state index is 12.5. The number of nitrogens with zero attached hydrogens (tertiary/aromatic N) is 2. The van der Waals surface area contributed by atoms with Gasteiger partial charge in [-0.2, -0.15) is 0 Å². The van der Waals surface area contributed by atoms with Gasteiger partial charge in [0.15, 0.2) is 5.16 Å². The number of nitrogens with one attached hydrogen (secondary N) is 2. The summed E-state index contributed by atoms with van der Waals surface area (Å²) in [7, 11) is 0. The second-order valence-corrected chi connectivity index (χ2v) is 8.28. The van der Waals surface area contributed by atoms with E-state index in [0.29, 0.717) is 36.1 Å².